The van der Waals surface area contributed by atoms with Crippen LogP contribution in [0.25, 0.3) is 10.4 Å². The minimum atomic E-state index is -1.03. The molecular formula is C13H14N2O3S. The molecule has 0 spiro atoms. The molecule has 0 amide bonds. The number of methoxy groups -OCH3 is 1. The van der Waals surface area contributed by atoms with Crippen molar-refractivity contribution in [3.05, 3.63) is 30.0 Å². The predicted octanol–water partition coefficient (Wildman–Crippen LogP) is 2.58. The number of benzene rings is 1. The molecule has 0 saturated heterocycles. The average Bonchev–Trinajstić information content (AvgIpc) is 2.84. The summed E-state index contributed by atoms with van der Waals surface area (Å²) in [5.74, 6) is -0.337. The molecule has 0 bridgehead atoms. The van der Waals surface area contributed by atoms with E-state index in [1.54, 1.807) is 18.1 Å². The number of anilines is 1. The zero-order valence-electron chi connectivity index (χ0n) is 10.9. The van der Waals surface area contributed by atoms with Crippen LogP contribution in [-0.2, 0) is 0 Å². The summed E-state index contributed by atoms with van der Waals surface area (Å²) in [6.45, 7) is 0. The molecule has 2 aromatic rings. The maximum absolute atomic E-state index is 11.3. The van der Waals surface area contributed by atoms with Gasteiger partial charge in [0.05, 0.1) is 12.0 Å². The number of aromatic carboxylic acids is 1. The molecule has 0 atom stereocenters. The lowest BCUT2D eigenvalue weighted by Crippen LogP contribution is -2.08. The fraction of sp³-hybridized carbons (Fsp3) is 0.231. The van der Waals surface area contributed by atoms with E-state index in [4.69, 9.17) is 4.74 Å². The van der Waals surface area contributed by atoms with Crippen LogP contribution >= 0.6 is 11.3 Å². The number of hydrogen-bond donors (Lipinski definition) is 1. The van der Waals surface area contributed by atoms with Crippen LogP contribution in [0.4, 0.5) is 5.13 Å². The van der Waals surface area contributed by atoms with Gasteiger partial charge in [-0.3, -0.25) is 0 Å². The largest absolute Gasteiger partial charge is 0.497 e. The summed E-state index contributed by atoms with van der Waals surface area (Å²) in [7, 11) is 5.24. The van der Waals surface area contributed by atoms with Crippen molar-refractivity contribution in [2.45, 2.75) is 0 Å². The van der Waals surface area contributed by atoms with Crippen molar-refractivity contribution in [2.24, 2.45) is 0 Å². The van der Waals surface area contributed by atoms with Crippen molar-refractivity contribution in [3.8, 4) is 16.2 Å². The van der Waals surface area contributed by atoms with Crippen molar-refractivity contribution in [1.29, 1.82) is 0 Å². The minimum Gasteiger partial charge on any atom is -0.497 e. The standard InChI is InChI=1S/C13H14N2O3S/c1-15(2)13-14-10(12(16)17)11(19-13)8-5-4-6-9(7-8)18-3/h4-7H,1-3H3,(H,16,17). The molecule has 1 aromatic heterocycles. The lowest BCUT2D eigenvalue weighted by molar-refractivity contribution is 0.0692. The molecule has 100 valence electrons. The molecule has 0 aliphatic heterocycles. The van der Waals surface area contributed by atoms with E-state index in [9.17, 15) is 9.90 Å². The molecule has 5 nitrogen and oxygen atoms in total. The third-order valence-electron chi connectivity index (χ3n) is 2.53. The molecule has 1 N–H and O–H groups in total. The number of carboxylic acid groups (broad SMARTS) is 1. The molecule has 0 saturated carbocycles. The topological polar surface area (TPSA) is 62.7 Å². The van der Waals surface area contributed by atoms with Gasteiger partial charge in [-0.25, -0.2) is 9.78 Å². The second kappa shape index (κ2) is 5.27. The van der Waals surface area contributed by atoms with E-state index >= 15 is 0 Å². The number of aromatic nitrogens is 1. The number of ether oxygens (including phenoxy) is 1. The van der Waals surface area contributed by atoms with Gasteiger partial charge in [0.1, 0.15) is 5.75 Å². The van der Waals surface area contributed by atoms with E-state index in [-0.39, 0.29) is 5.69 Å². The first kappa shape index (κ1) is 13.4. The van der Waals surface area contributed by atoms with E-state index in [0.717, 1.165) is 5.56 Å². The van der Waals surface area contributed by atoms with Crippen molar-refractivity contribution in [3.63, 3.8) is 0 Å². The quantitative estimate of drug-likeness (QED) is 0.931. The summed E-state index contributed by atoms with van der Waals surface area (Å²) >= 11 is 1.35. The van der Waals surface area contributed by atoms with Gasteiger partial charge < -0.3 is 14.7 Å². The van der Waals surface area contributed by atoms with Crippen LogP contribution in [0.5, 0.6) is 5.75 Å². The molecule has 0 radical (unpaired) electrons. The zero-order chi connectivity index (χ0) is 14.0. The lowest BCUT2D eigenvalue weighted by atomic mass is 10.1. The highest BCUT2D eigenvalue weighted by molar-refractivity contribution is 7.19. The monoisotopic (exact) mass is 278 g/mol. The van der Waals surface area contributed by atoms with Crippen LogP contribution in [0.2, 0.25) is 0 Å². The molecule has 6 heteroatoms. The molecule has 0 fully saturated rings. The van der Waals surface area contributed by atoms with E-state index in [2.05, 4.69) is 4.98 Å². The van der Waals surface area contributed by atoms with Gasteiger partial charge in [-0.2, -0.15) is 0 Å². The molecule has 0 unspecified atom stereocenters. The first-order valence-corrected chi connectivity index (χ1v) is 6.40. The Balaban J connectivity index is 2.56. The highest BCUT2D eigenvalue weighted by atomic mass is 32.1. The minimum absolute atomic E-state index is 0.0713. The van der Waals surface area contributed by atoms with Gasteiger partial charge in [-0.05, 0) is 17.7 Å². The van der Waals surface area contributed by atoms with Crippen molar-refractivity contribution in [1.82, 2.24) is 4.98 Å². The van der Waals surface area contributed by atoms with Gasteiger partial charge in [0.25, 0.3) is 0 Å². The zero-order valence-corrected chi connectivity index (χ0v) is 11.7. The summed E-state index contributed by atoms with van der Waals surface area (Å²) in [5, 5.41) is 9.91. The van der Waals surface area contributed by atoms with Crippen LogP contribution in [0.15, 0.2) is 24.3 Å². The van der Waals surface area contributed by atoms with Crippen molar-refractivity contribution in [2.75, 3.05) is 26.1 Å². The second-order valence-corrected chi connectivity index (χ2v) is 5.08. The fourth-order valence-corrected chi connectivity index (χ4v) is 2.58. The average molecular weight is 278 g/mol. The van der Waals surface area contributed by atoms with Crippen molar-refractivity contribution < 1.29 is 14.6 Å². The third-order valence-corrected chi connectivity index (χ3v) is 3.81. The number of carboxylic acids is 1. The highest BCUT2D eigenvalue weighted by Gasteiger charge is 2.19. The SMILES string of the molecule is COc1cccc(-c2sc(N(C)C)nc2C(=O)O)c1. The van der Waals surface area contributed by atoms with Gasteiger partial charge in [-0.1, -0.05) is 23.5 Å². The van der Waals surface area contributed by atoms with E-state index in [0.29, 0.717) is 15.8 Å². The molecule has 1 aromatic carbocycles. The Morgan fingerprint density at radius 1 is 1.42 bits per heavy atom. The summed E-state index contributed by atoms with van der Waals surface area (Å²) in [4.78, 5) is 17.9. The van der Waals surface area contributed by atoms with E-state index in [1.807, 2.05) is 32.3 Å². The summed E-state index contributed by atoms with van der Waals surface area (Å²) in [6, 6.07) is 7.30. The van der Waals surface area contributed by atoms with E-state index in [1.165, 1.54) is 11.3 Å². The first-order valence-electron chi connectivity index (χ1n) is 5.58. The van der Waals surface area contributed by atoms with Crippen LogP contribution in [0.3, 0.4) is 0 Å². The highest BCUT2D eigenvalue weighted by Crippen LogP contribution is 2.35. The molecular weight excluding hydrogens is 264 g/mol. The summed E-state index contributed by atoms with van der Waals surface area (Å²) in [5.41, 5.74) is 0.865. The Hall–Kier alpha value is -2.08. The third kappa shape index (κ3) is 2.68. The Bertz CT molecular complexity index is 608. The Kier molecular flexibility index (Phi) is 3.71. The first-order chi connectivity index (χ1) is 9.02. The molecule has 2 rings (SSSR count). The fourth-order valence-electron chi connectivity index (χ4n) is 1.61. The van der Waals surface area contributed by atoms with Crippen LogP contribution in [0.1, 0.15) is 10.5 Å². The number of thiazole rings is 1. The Morgan fingerprint density at radius 2 is 2.16 bits per heavy atom. The lowest BCUT2D eigenvalue weighted by Gasteiger charge is -2.05. The second-order valence-electron chi connectivity index (χ2n) is 4.11. The number of rotatable bonds is 4. The predicted molar refractivity (Wildman–Crippen MR) is 75.4 cm³/mol. The van der Waals surface area contributed by atoms with Gasteiger partial charge in [0.2, 0.25) is 0 Å². The van der Waals surface area contributed by atoms with Crippen LogP contribution in [0, 0.1) is 0 Å². The number of nitrogens with zero attached hydrogens (tertiary/aromatic N) is 2. The van der Waals surface area contributed by atoms with E-state index < -0.39 is 5.97 Å². The van der Waals surface area contributed by atoms with Gasteiger partial charge in [0.15, 0.2) is 10.8 Å². The smallest absolute Gasteiger partial charge is 0.356 e. The Labute approximate surface area is 115 Å². The van der Waals surface area contributed by atoms with Crippen LogP contribution in [-0.4, -0.2) is 37.3 Å². The summed E-state index contributed by atoms with van der Waals surface area (Å²) in [6.07, 6.45) is 0. The van der Waals surface area contributed by atoms with Crippen LogP contribution < -0.4 is 9.64 Å². The Morgan fingerprint density at radius 3 is 2.74 bits per heavy atom. The van der Waals surface area contributed by atoms with Gasteiger partial charge in [0, 0.05) is 14.1 Å². The molecule has 19 heavy (non-hydrogen) atoms. The molecule has 1 heterocycles. The summed E-state index contributed by atoms with van der Waals surface area (Å²) < 4.78 is 5.16. The maximum atomic E-state index is 11.3. The normalized spacial score (nSPS) is 10.3. The van der Waals surface area contributed by atoms with Crippen molar-refractivity contribution >= 4 is 22.4 Å². The van der Waals surface area contributed by atoms with Gasteiger partial charge >= 0.3 is 5.97 Å². The maximum Gasteiger partial charge on any atom is 0.356 e. The molecule has 0 aliphatic carbocycles. The number of carbonyl (C=O) groups is 1. The van der Waals surface area contributed by atoms with Gasteiger partial charge in [-0.15, -0.1) is 0 Å². The molecule has 0 aliphatic rings. The number of hydrogen-bond acceptors (Lipinski definition) is 5.